The number of nitrogens with two attached hydrogens (primary N) is 1. The molecular weight excluding hydrogens is 858 g/mol. The van der Waals surface area contributed by atoms with Gasteiger partial charge in [0, 0.05) is 11.9 Å². The first kappa shape index (κ1) is 78.9. The molecule has 0 rings (SSSR count). The van der Waals surface area contributed by atoms with Gasteiger partial charge < -0.3 is 61.2 Å². The summed E-state index contributed by atoms with van der Waals surface area (Å²) in [6.07, 6.45) is 2.68. The molecule has 326 valence electrons. The number of carboxylic acids is 3. The van der Waals surface area contributed by atoms with Gasteiger partial charge in [0.05, 0.1) is 76.8 Å². The van der Waals surface area contributed by atoms with E-state index in [0.717, 1.165) is 18.8 Å². The van der Waals surface area contributed by atoms with E-state index in [9.17, 15) is 49.5 Å². The molecule has 0 aromatic carbocycles. The molecule has 0 saturated heterocycles. The maximum absolute atomic E-state index is 10.8. The average Bonchev–Trinajstić information content (AvgIpc) is 2.96. The second-order valence-electron chi connectivity index (χ2n) is 9.59. The van der Waals surface area contributed by atoms with Crippen LogP contribution < -0.4 is 76.1 Å². The number of aliphatic carboxylic acids is 3. The summed E-state index contributed by atoms with van der Waals surface area (Å²) in [7, 11) is -9.26. The van der Waals surface area contributed by atoms with Crippen LogP contribution in [0.5, 0.6) is 0 Å². The first-order valence-corrected chi connectivity index (χ1v) is 18.9. The van der Waals surface area contributed by atoms with Crippen molar-refractivity contribution in [1.29, 1.82) is 0 Å². The number of ether oxygens (including phenoxy) is 5. The molecule has 55 heavy (non-hydrogen) atoms. The van der Waals surface area contributed by atoms with Crippen molar-refractivity contribution in [3.05, 3.63) is 0 Å². The van der Waals surface area contributed by atoms with Gasteiger partial charge in [0.25, 0.3) is 30.4 Å². The maximum Gasteiger partial charge on any atom is 1.00 e. The summed E-state index contributed by atoms with van der Waals surface area (Å²) in [6.45, 7) is 4.80. The van der Waals surface area contributed by atoms with Gasteiger partial charge in [-0.05, 0) is 20.8 Å². The van der Waals surface area contributed by atoms with Gasteiger partial charge in [-0.15, -0.1) is 12.4 Å². The first-order valence-electron chi connectivity index (χ1n) is 13.5. The van der Waals surface area contributed by atoms with Gasteiger partial charge in [0.15, 0.2) is 20.4 Å². The largest absolute Gasteiger partial charge is 1.00 e. The second-order valence-corrected chi connectivity index (χ2v) is 14.5. The van der Waals surface area contributed by atoms with Gasteiger partial charge in [-0.3, -0.25) is 14.4 Å². The van der Waals surface area contributed by atoms with Crippen LogP contribution in [0.2, 0.25) is 0 Å². The SMILES string of the molecule is C.CC(COCN)C(=O)O.CC(COCOS(C)(=O)=O)C(=O)O.CC(COCOS(C)(=O)=O)C(=O)[O-].COC(=O)C(C)COCOS(C)(=O)=O.Cl.N.[Na+].[Na+].[OH-]. The summed E-state index contributed by atoms with van der Waals surface area (Å²) in [5.74, 6) is -5.89. The smallest absolute Gasteiger partial charge is 0.870 e. The summed E-state index contributed by atoms with van der Waals surface area (Å²) < 4.78 is 98.3. The van der Waals surface area contributed by atoms with Crippen LogP contribution in [0.15, 0.2) is 0 Å². The Morgan fingerprint density at radius 1 is 0.618 bits per heavy atom. The number of hydrogen-bond acceptors (Lipinski definition) is 22. The third kappa shape index (κ3) is 68.7. The van der Waals surface area contributed by atoms with E-state index in [2.05, 4.69) is 31.5 Å². The number of hydrogen-bond donors (Lipinski definition) is 4. The molecule has 0 aromatic heterocycles. The Bertz CT molecular complexity index is 1230. The fourth-order valence-electron chi connectivity index (χ4n) is 1.76. The van der Waals surface area contributed by atoms with Crippen molar-refractivity contribution in [3.8, 4) is 0 Å². The topological polar surface area (TPSA) is 399 Å². The third-order valence-corrected chi connectivity index (χ3v) is 6.05. The molecule has 4 atom stereocenters. The summed E-state index contributed by atoms with van der Waals surface area (Å²) in [6, 6.07) is 0. The molecule has 24 nitrogen and oxygen atoms in total. The number of halogens is 1. The number of methoxy groups -OCH3 is 1. The van der Waals surface area contributed by atoms with E-state index in [-0.39, 0.29) is 131 Å². The number of esters is 1. The molecule has 0 spiro atoms. The third-order valence-electron chi connectivity index (χ3n) is 4.47. The van der Waals surface area contributed by atoms with Crippen LogP contribution in [0.4, 0.5) is 0 Å². The average molecular weight is 915 g/mol. The molecule has 0 fully saturated rings. The predicted octanol–water partition coefficient (Wildman–Crippen LogP) is -7.58. The molecule has 0 aliphatic heterocycles. The van der Waals surface area contributed by atoms with E-state index in [1.165, 1.54) is 21.0 Å². The normalized spacial score (nSPS) is 12.2. The minimum atomic E-state index is -3.53. The Morgan fingerprint density at radius 3 is 1.09 bits per heavy atom. The molecule has 0 amide bonds. The van der Waals surface area contributed by atoms with Crippen LogP contribution in [-0.2, 0) is 85.8 Å². The molecule has 0 bridgehead atoms. The van der Waals surface area contributed by atoms with E-state index in [1.54, 1.807) is 13.8 Å². The van der Waals surface area contributed by atoms with Crippen molar-refractivity contribution in [2.45, 2.75) is 35.1 Å². The molecule has 0 radical (unpaired) electrons. The monoisotopic (exact) mass is 914 g/mol. The van der Waals surface area contributed by atoms with E-state index in [4.69, 9.17) is 20.7 Å². The minimum Gasteiger partial charge on any atom is -0.870 e. The van der Waals surface area contributed by atoms with Crippen LogP contribution in [0.25, 0.3) is 0 Å². The molecule has 30 heteroatoms. The molecule has 0 aromatic rings. The maximum atomic E-state index is 10.8. The van der Waals surface area contributed by atoms with Crippen molar-refractivity contribution in [2.75, 3.05) is 79.4 Å². The standard InChI is InChI=1S/C7H14O6S.2C6H12O6S.C5H11NO3.CH4.ClH.H3N.2Na.H2O/c1-6(7(8)11-2)4-12-5-13-14(3,9)10;2*1-5(6(7)8)3-11-4-12-13(2,9)10;1-4(5(7)8)2-9-3-6;;;;;;/h6H,4-5H2,1-3H3;2*5H,3-4H2,1-2H3,(H,7,8);4H,2-3,6H2,1H3,(H,7,8);1H4;1H;1H3;;;1H2/q;;;;;;;2*+1;/p-2. The van der Waals surface area contributed by atoms with Crippen molar-refractivity contribution in [3.63, 3.8) is 0 Å². The Kier molecular flexibility index (Phi) is 64.1. The molecule has 4 unspecified atom stereocenters. The Morgan fingerprint density at radius 2 is 0.873 bits per heavy atom. The summed E-state index contributed by atoms with van der Waals surface area (Å²) in [5.41, 5.74) is 4.96. The van der Waals surface area contributed by atoms with Gasteiger partial charge in [-0.1, -0.05) is 14.4 Å². The number of rotatable bonds is 22. The van der Waals surface area contributed by atoms with E-state index in [1.807, 2.05) is 0 Å². The molecule has 0 saturated carbocycles. The Labute approximate surface area is 374 Å². The van der Waals surface area contributed by atoms with Crippen LogP contribution in [-0.4, -0.2) is 144 Å². The van der Waals surface area contributed by atoms with E-state index < -0.39 is 91.5 Å². The molecule has 0 heterocycles. The number of carboxylic acid groups (broad SMARTS) is 3. The zero-order valence-electron chi connectivity index (χ0n) is 32.0. The molecular formula is C25H57ClN2Na2O22S3. The Hall–Kier alpha value is -0.380. The zero-order valence-corrected chi connectivity index (χ0v) is 39.2. The van der Waals surface area contributed by atoms with Crippen molar-refractivity contribution < 1.29 is 161 Å². The van der Waals surface area contributed by atoms with Gasteiger partial charge in [-0.25, -0.2) is 12.5 Å². The second kappa shape index (κ2) is 44.7. The van der Waals surface area contributed by atoms with Gasteiger partial charge in [0.1, 0.15) is 0 Å². The molecule has 8 N–H and O–H groups in total. The predicted molar refractivity (Wildman–Crippen MR) is 185 cm³/mol. The van der Waals surface area contributed by atoms with E-state index >= 15 is 0 Å². The van der Waals surface area contributed by atoms with Gasteiger partial charge in [-0.2, -0.15) is 25.3 Å². The van der Waals surface area contributed by atoms with Crippen LogP contribution in [0.3, 0.4) is 0 Å². The van der Waals surface area contributed by atoms with Crippen molar-refractivity contribution in [1.82, 2.24) is 6.15 Å². The summed E-state index contributed by atoms with van der Waals surface area (Å²) in [5, 5.41) is 26.8. The van der Waals surface area contributed by atoms with Crippen LogP contribution in [0, 0.1) is 23.7 Å². The Balaban J connectivity index is -0.0000000598. The fraction of sp³-hybridized carbons (Fsp3) is 0.840. The first-order chi connectivity index (χ1) is 22.2. The zero-order chi connectivity index (χ0) is 39.4. The number of carbonyl (C=O) groups is 4. The van der Waals surface area contributed by atoms with E-state index in [0.29, 0.717) is 0 Å². The van der Waals surface area contributed by atoms with Crippen LogP contribution >= 0.6 is 12.4 Å². The number of carbonyl (C=O) groups excluding carboxylic acids is 2. The summed E-state index contributed by atoms with van der Waals surface area (Å²) in [4.78, 5) is 41.3. The van der Waals surface area contributed by atoms with Crippen molar-refractivity contribution in [2.24, 2.45) is 29.4 Å². The van der Waals surface area contributed by atoms with Gasteiger partial charge in [0.2, 0.25) is 0 Å². The molecule has 0 aliphatic carbocycles. The quantitative estimate of drug-likeness (QED) is 0.0258. The summed E-state index contributed by atoms with van der Waals surface area (Å²) >= 11 is 0. The minimum absolute atomic E-state index is 0. The van der Waals surface area contributed by atoms with Gasteiger partial charge >= 0.3 is 77.0 Å². The van der Waals surface area contributed by atoms with Crippen molar-refractivity contribution >= 4 is 66.6 Å². The molecule has 0 aliphatic rings. The fourth-order valence-corrected chi connectivity index (χ4v) is 2.49. The van der Waals surface area contributed by atoms with Crippen LogP contribution in [0.1, 0.15) is 35.1 Å².